The molecule has 306 valence electrons. The molecule has 0 radical (unpaired) electrons. The third-order valence-corrected chi connectivity index (χ3v) is 13.7. The van der Waals surface area contributed by atoms with Crippen molar-refractivity contribution in [3.63, 3.8) is 0 Å². The number of fused-ring (bicyclic) bond motifs is 2. The van der Waals surface area contributed by atoms with Crippen LogP contribution in [0, 0.1) is 17.8 Å². The minimum absolute atomic E-state index is 0.0293. The molecule has 1 saturated carbocycles. The summed E-state index contributed by atoms with van der Waals surface area (Å²) in [7, 11) is 0. The summed E-state index contributed by atoms with van der Waals surface area (Å²) < 4.78 is 26.9. The molecule has 12 heteroatoms. The Balaban J connectivity index is 1.35. The van der Waals surface area contributed by atoms with Gasteiger partial charge in [0, 0.05) is 67.4 Å². The molecule has 0 amide bonds. The van der Waals surface area contributed by atoms with E-state index in [2.05, 4.69) is 47.1 Å². The number of hydrogen-bond acceptors (Lipinski definition) is 12. The molecule has 10 nitrogen and oxygen atoms in total. The Morgan fingerprint density at radius 3 is 2.58 bits per heavy atom. The molecule has 1 unspecified atom stereocenters. The maximum absolute atomic E-state index is 9.95. The highest BCUT2D eigenvalue weighted by atomic mass is 32.2. The standard InChI is InChI=1S/C45H57N3O7S2/c1-3-24-52-45-41(57-26-19-32-30-46-20-21-47-32)29-39(48-55-42-12-6-9-25-51-42)37-27-31(10-4-7-22-49)36(11-5-8-23-50)43(44(37)45)38-28-34(15-18-40(38)54-45)53-33-13-16-35(56-2)17-14-33/h3,13-18,20-21,27-28,30-31,36,41-44,49-50H,1,4-12,19,22-26,29H2,2H3/t31-,36+,41-,42?,43+,44+,45+/m0/s1. The van der Waals surface area contributed by atoms with Crippen LogP contribution in [-0.2, 0) is 20.7 Å². The summed E-state index contributed by atoms with van der Waals surface area (Å²) in [6.45, 7) is 5.36. The van der Waals surface area contributed by atoms with Crippen molar-refractivity contribution in [2.45, 2.75) is 98.8 Å². The zero-order valence-electron chi connectivity index (χ0n) is 33.0. The number of rotatable bonds is 20. The molecule has 7 atom stereocenters. The number of aromatic nitrogens is 2. The SMILES string of the molecule is C=CCO[C@@]12Oc3ccc(Oc4ccc(SC)cc4)cc3[C@H]3[C@H](CCCCO)[C@@H](CCCCO)C=C(C(=NOC4CCCCO4)C[C@@H]1SCCc1cnccn1)[C@H]32. The summed E-state index contributed by atoms with van der Waals surface area (Å²) in [4.78, 5) is 16.3. The Morgan fingerprint density at radius 1 is 1.02 bits per heavy atom. The highest BCUT2D eigenvalue weighted by Crippen LogP contribution is 2.62. The van der Waals surface area contributed by atoms with Crippen LogP contribution in [0.4, 0.5) is 0 Å². The first kappa shape index (κ1) is 41.8. The van der Waals surface area contributed by atoms with E-state index in [1.165, 1.54) is 4.90 Å². The number of nitrogens with zero attached hydrogens (tertiary/aromatic N) is 3. The maximum atomic E-state index is 9.95. The summed E-state index contributed by atoms with van der Waals surface area (Å²) >= 11 is 3.52. The van der Waals surface area contributed by atoms with Gasteiger partial charge in [0.1, 0.15) is 17.2 Å². The van der Waals surface area contributed by atoms with E-state index in [4.69, 9.17) is 28.9 Å². The predicted octanol–water partition coefficient (Wildman–Crippen LogP) is 9.13. The summed E-state index contributed by atoms with van der Waals surface area (Å²) in [5.74, 6) is 2.16. The quantitative estimate of drug-likeness (QED) is 0.0491. The van der Waals surface area contributed by atoms with Crippen molar-refractivity contribution in [1.29, 1.82) is 0 Å². The van der Waals surface area contributed by atoms with Crippen LogP contribution in [0.2, 0.25) is 0 Å². The van der Waals surface area contributed by atoms with E-state index in [9.17, 15) is 10.2 Å². The van der Waals surface area contributed by atoms with Gasteiger partial charge in [0.15, 0.2) is 0 Å². The number of oxime groups is 1. The lowest BCUT2D eigenvalue weighted by molar-refractivity contribution is -0.223. The first-order chi connectivity index (χ1) is 28.1. The molecule has 2 N–H and O–H groups in total. The monoisotopic (exact) mass is 815 g/mol. The van der Waals surface area contributed by atoms with E-state index in [1.54, 1.807) is 30.2 Å². The second-order valence-electron chi connectivity index (χ2n) is 15.2. The highest BCUT2D eigenvalue weighted by Gasteiger charge is 2.64. The van der Waals surface area contributed by atoms with Gasteiger partial charge in [-0.05, 0) is 110 Å². The number of benzene rings is 2. The molecule has 2 aromatic carbocycles. The van der Waals surface area contributed by atoms with Crippen LogP contribution >= 0.6 is 23.5 Å². The van der Waals surface area contributed by atoms with E-state index in [0.29, 0.717) is 19.6 Å². The minimum Gasteiger partial charge on any atom is -0.460 e. The van der Waals surface area contributed by atoms with Crippen LogP contribution in [0.15, 0.2) is 95.4 Å². The molecule has 2 aliphatic carbocycles. The third kappa shape index (κ3) is 9.91. The van der Waals surface area contributed by atoms with Crippen molar-refractivity contribution in [2.75, 3.05) is 38.4 Å². The Labute approximate surface area is 345 Å². The van der Waals surface area contributed by atoms with Gasteiger partial charge >= 0.3 is 0 Å². The lowest BCUT2D eigenvalue weighted by Gasteiger charge is -2.58. The first-order valence-corrected chi connectivity index (χ1v) is 22.9. The molecular formula is C45H57N3O7S2. The number of thioether (sulfide) groups is 2. The summed E-state index contributed by atoms with van der Waals surface area (Å²) in [6, 6.07) is 14.4. The fourth-order valence-electron chi connectivity index (χ4n) is 9.00. The summed E-state index contributed by atoms with van der Waals surface area (Å²) in [5.41, 5.74) is 4.03. The Kier molecular flexibility index (Phi) is 15.0. The van der Waals surface area contributed by atoms with Gasteiger partial charge in [-0.15, -0.1) is 18.3 Å². The van der Waals surface area contributed by atoms with Crippen LogP contribution in [0.3, 0.4) is 0 Å². The van der Waals surface area contributed by atoms with Crippen molar-refractivity contribution < 1.29 is 34.0 Å². The zero-order chi connectivity index (χ0) is 39.5. The molecule has 2 aliphatic heterocycles. The minimum atomic E-state index is -1.05. The molecular weight excluding hydrogens is 759 g/mol. The predicted molar refractivity (Wildman–Crippen MR) is 226 cm³/mol. The largest absolute Gasteiger partial charge is 0.460 e. The molecule has 3 heterocycles. The molecule has 0 spiro atoms. The van der Waals surface area contributed by atoms with E-state index in [1.807, 2.05) is 42.2 Å². The van der Waals surface area contributed by atoms with Crippen molar-refractivity contribution >= 4 is 29.2 Å². The molecule has 1 aromatic heterocycles. The second kappa shape index (κ2) is 20.5. The highest BCUT2D eigenvalue weighted by molar-refractivity contribution is 8.00. The molecule has 57 heavy (non-hydrogen) atoms. The van der Waals surface area contributed by atoms with Gasteiger partial charge in [-0.3, -0.25) is 9.97 Å². The van der Waals surface area contributed by atoms with Crippen molar-refractivity contribution in [2.24, 2.45) is 22.9 Å². The lowest BCUT2D eigenvalue weighted by atomic mass is 9.56. The molecule has 3 aromatic rings. The number of unbranched alkanes of at least 4 members (excludes halogenated alkanes) is 2. The van der Waals surface area contributed by atoms with Crippen LogP contribution < -0.4 is 9.47 Å². The number of hydrogen-bond donors (Lipinski definition) is 2. The number of aliphatic hydroxyl groups excluding tert-OH is 2. The topological polar surface area (TPSA) is 125 Å². The normalized spacial score (nSPS) is 27.1. The fourth-order valence-corrected chi connectivity index (χ4v) is 10.8. The van der Waals surface area contributed by atoms with E-state index >= 15 is 0 Å². The molecule has 2 fully saturated rings. The van der Waals surface area contributed by atoms with E-state index in [0.717, 1.165) is 110 Å². The van der Waals surface area contributed by atoms with Gasteiger partial charge in [-0.25, -0.2) is 0 Å². The van der Waals surface area contributed by atoms with Gasteiger partial charge in [-0.1, -0.05) is 30.1 Å². The Morgan fingerprint density at radius 2 is 1.84 bits per heavy atom. The van der Waals surface area contributed by atoms with Gasteiger partial charge < -0.3 is 34.0 Å². The zero-order valence-corrected chi connectivity index (χ0v) is 34.6. The number of aryl methyl sites for hydroxylation is 1. The molecule has 4 aliphatic rings. The summed E-state index contributed by atoms with van der Waals surface area (Å²) in [6.07, 6.45) is 20.5. The number of aliphatic hydroxyl groups is 2. The second-order valence-corrected chi connectivity index (χ2v) is 17.4. The Hall–Kier alpha value is -3.39. The van der Waals surface area contributed by atoms with Crippen LogP contribution in [-0.4, -0.2) is 81.7 Å². The van der Waals surface area contributed by atoms with Gasteiger partial charge in [-0.2, -0.15) is 11.8 Å². The van der Waals surface area contributed by atoms with Crippen LogP contribution in [0.1, 0.15) is 81.4 Å². The molecule has 7 rings (SSSR count). The average molecular weight is 816 g/mol. The maximum Gasteiger partial charge on any atom is 0.230 e. The third-order valence-electron chi connectivity index (χ3n) is 11.6. The van der Waals surface area contributed by atoms with Crippen molar-refractivity contribution in [3.05, 3.63) is 96.6 Å². The van der Waals surface area contributed by atoms with Gasteiger partial charge in [0.2, 0.25) is 12.1 Å². The number of ether oxygens (including phenoxy) is 4. The Bertz CT molecular complexity index is 1810. The van der Waals surface area contributed by atoms with Gasteiger partial charge in [0.05, 0.1) is 35.8 Å². The van der Waals surface area contributed by atoms with Crippen LogP contribution in [0.5, 0.6) is 17.2 Å². The molecule has 1 saturated heterocycles. The fraction of sp³-hybridized carbons (Fsp3) is 0.533. The van der Waals surface area contributed by atoms with Gasteiger partial charge in [0.25, 0.3) is 0 Å². The molecule has 0 bridgehead atoms. The smallest absolute Gasteiger partial charge is 0.230 e. The summed E-state index contributed by atoms with van der Waals surface area (Å²) in [5, 5.41) is 24.6. The van der Waals surface area contributed by atoms with Crippen molar-refractivity contribution in [3.8, 4) is 17.2 Å². The van der Waals surface area contributed by atoms with Crippen molar-refractivity contribution in [1.82, 2.24) is 9.97 Å². The number of allylic oxidation sites excluding steroid dienone is 1. The average Bonchev–Trinajstić information content (AvgIpc) is 3.25. The van der Waals surface area contributed by atoms with E-state index in [-0.39, 0.29) is 48.4 Å². The van der Waals surface area contributed by atoms with E-state index < -0.39 is 5.79 Å². The first-order valence-electron chi connectivity index (χ1n) is 20.6. The van der Waals surface area contributed by atoms with Crippen LogP contribution in [0.25, 0.3) is 0 Å². The lowest BCUT2D eigenvalue weighted by Crippen LogP contribution is -2.64.